The molecule has 0 bridgehead atoms. The molecule has 1 aliphatic rings. The average molecular weight is 366 g/mol. The van der Waals surface area contributed by atoms with E-state index in [1.165, 1.54) is 5.56 Å². The van der Waals surface area contributed by atoms with Crippen LogP contribution < -0.4 is 5.32 Å². The number of nitrogens with one attached hydrogen (secondary N) is 1. The number of halogens is 1. The van der Waals surface area contributed by atoms with Gasteiger partial charge in [0.2, 0.25) is 5.91 Å². The summed E-state index contributed by atoms with van der Waals surface area (Å²) in [6.07, 6.45) is 6.25. The second kappa shape index (κ2) is 6.96. The monoisotopic (exact) mass is 365 g/mol. The molecule has 0 saturated heterocycles. The van der Waals surface area contributed by atoms with Gasteiger partial charge in [-0.25, -0.2) is 4.68 Å². The van der Waals surface area contributed by atoms with Crippen molar-refractivity contribution in [3.8, 4) is 5.69 Å². The normalized spacial score (nSPS) is 14.8. The molecular formula is C21H20ClN3O. The smallest absolute Gasteiger partial charge is 0.230 e. The Labute approximate surface area is 157 Å². The van der Waals surface area contributed by atoms with E-state index >= 15 is 0 Å². The van der Waals surface area contributed by atoms with Gasteiger partial charge in [0.15, 0.2) is 0 Å². The molecule has 5 heteroatoms. The molecule has 1 fully saturated rings. The van der Waals surface area contributed by atoms with Crippen molar-refractivity contribution >= 4 is 17.5 Å². The summed E-state index contributed by atoms with van der Waals surface area (Å²) >= 11 is 6.08. The molecule has 1 N–H and O–H groups in total. The summed E-state index contributed by atoms with van der Waals surface area (Å²) in [6, 6.07) is 17.8. The summed E-state index contributed by atoms with van der Waals surface area (Å²) in [5.41, 5.74) is 2.86. The van der Waals surface area contributed by atoms with Gasteiger partial charge in [0.05, 0.1) is 11.1 Å². The molecule has 4 rings (SSSR count). The lowest BCUT2D eigenvalue weighted by atomic mass is 9.95. The van der Waals surface area contributed by atoms with E-state index in [0.29, 0.717) is 11.6 Å². The number of carbonyl (C=O) groups is 1. The predicted molar refractivity (Wildman–Crippen MR) is 103 cm³/mol. The van der Waals surface area contributed by atoms with Crippen LogP contribution in [0.3, 0.4) is 0 Å². The first-order chi connectivity index (χ1) is 12.7. The van der Waals surface area contributed by atoms with Crippen LogP contribution in [-0.4, -0.2) is 22.2 Å². The van der Waals surface area contributed by atoms with E-state index in [0.717, 1.165) is 30.5 Å². The second-order valence-electron chi connectivity index (χ2n) is 6.72. The summed E-state index contributed by atoms with van der Waals surface area (Å²) in [7, 11) is 0. The zero-order valence-corrected chi connectivity index (χ0v) is 15.1. The van der Waals surface area contributed by atoms with Crippen LogP contribution in [0.2, 0.25) is 5.02 Å². The summed E-state index contributed by atoms with van der Waals surface area (Å²) < 4.78 is 1.83. The summed E-state index contributed by atoms with van der Waals surface area (Å²) in [5, 5.41) is 7.99. The molecule has 1 aliphatic carbocycles. The van der Waals surface area contributed by atoms with Crippen LogP contribution in [-0.2, 0) is 16.6 Å². The molecule has 0 atom stereocenters. The van der Waals surface area contributed by atoms with Crippen LogP contribution in [0.25, 0.3) is 5.69 Å². The van der Waals surface area contributed by atoms with Gasteiger partial charge < -0.3 is 5.32 Å². The number of amides is 1. The van der Waals surface area contributed by atoms with Crippen molar-refractivity contribution in [2.45, 2.75) is 24.7 Å². The topological polar surface area (TPSA) is 46.9 Å². The Morgan fingerprint density at radius 2 is 1.96 bits per heavy atom. The molecule has 4 nitrogen and oxygen atoms in total. The van der Waals surface area contributed by atoms with Gasteiger partial charge in [-0.1, -0.05) is 35.9 Å². The van der Waals surface area contributed by atoms with Crippen molar-refractivity contribution in [2.24, 2.45) is 0 Å². The largest absolute Gasteiger partial charge is 0.355 e. The number of rotatable bonds is 6. The summed E-state index contributed by atoms with van der Waals surface area (Å²) in [4.78, 5) is 12.7. The lowest BCUT2D eigenvalue weighted by molar-refractivity contribution is -0.123. The van der Waals surface area contributed by atoms with Gasteiger partial charge in [0.25, 0.3) is 0 Å². The molecule has 0 spiro atoms. The Balaban J connectivity index is 1.34. The van der Waals surface area contributed by atoms with Gasteiger partial charge in [0.1, 0.15) is 0 Å². The van der Waals surface area contributed by atoms with E-state index < -0.39 is 0 Å². The lowest BCUT2D eigenvalue weighted by Crippen LogP contribution is -2.35. The Morgan fingerprint density at radius 1 is 1.15 bits per heavy atom. The van der Waals surface area contributed by atoms with Gasteiger partial charge in [-0.3, -0.25) is 4.79 Å². The molecule has 0 unspecified atom stereocenters. The first-order valence-electron chi connectivity index (χ1n) is 8.81. The Hall–Kier alpha value is -2.59. The molecule has 1 saturated carbocycles. The molecule has 2 aromatic carbocycles. The van der Waals surface area contributed by atoms with Crippen LogP contribution in [0.4, 0.5) is 0 Å². The minimum Gasteiger partial charge on any atom is -0.355 e. The average Bonchev–Trinajstić information content (AvgIpc) is 3.30. The van der Waals surface area contributed by atoms with E-state index in [-0.39, 0.29) is 11.3 Å². The molecule has 132 valence electrons. The van der Waals surface area contributed by atoms with Crippen LogP contribution in [0.1, 0.15) is 24.0 Å². The number of benzene rings is 2. The predicted octanol–water partition coefficient (Wildman–Crippen LogP) is 3.92. The van der Waals surface area contributed by atoms with E-state index in [2.05, 4.69) is 22.5 Å². The molecular weight excluding hydrogens is 346 g/mol. The summed E-state index contributed by atoms with van der Waals surface area (Å²) in [5.74, 6) is 0.105. The third-order valence-electron chi connectivity index (χ3n) is 4.97. The number of hydrogen-bond acceptors (Lipinski definition) is 2. The highest BCUT2D eigenvalue weighted by Gasteiger charge is 2.51. The maximum atomic E-state index is 12.7. The van der Waals surface area contributed by atoms with Gasteiger partial charge >= 0.3 is 0 Å². The lowest BCUT2D eigenvalue weighted by Gasteiger charge is -2.16. The van der Waals surface area contributed by atoms with Crippen LogP contribution in [0.5, 0.6) is 0 Å². The number of nitrogens with zero attached hydrogens (tertiary/aromatic N) is 2. The van der Waals surface area contributed by atoms with E-state index in [1.807, 2.05) is 53.3 Å². The molecule has 0 radical (unpaired) electrons. The number of aromatic nitrogens is 2. The SMILES string of the molecule is O=C(NCCc1ccc(-n2cccn2)cc1)C1(c2cccc(Cl)c2)CC1. The van der Waals surface area contributed by atoms with Gasteiger partial charge in [0, 0.05) is 24.0 Å². The molecule has 3 aromatic rings. The fourth-order valence-electron chi connectivity index (χ4n) is 3.28. The third-order valence-corrected chi connectivity index (χ3v) is 5.20. The molecule has 0 aliphatic heterocycles. The highest BCUT2D eigenvalue weighted by molar-refractivity contribution is 6.30. The van der Waals surface area contributed by atoms with Crippen molar-refractivity contribution in [2.75, 3.05) is 6.54 Å². The number of carbonyl (C=O) groups excluding carboxylic acids is 1. The van der Waals surface area contributed by atoms with Crippen molar-refractivity contribution < 1.29 is 4.79 Å². The first kappa shape index (κ1) is 16.9. The molecule has 1 heterocycles. The van der Waals surface area contributed by atoms with Gasteiger partial charge in [-0.15, -0.1) is 0 Å². The van der Waals surface area contributed by atoms with Crippen molar-refractivity contribution in [1.29, 1.82) is 0 Å². The fraction of sp³-hybridized carbons (Fsp3) is 0.238. The van der Waals surface area contributed by atoms with E-state index in [4.69, 9.17) is 11.6 Å². The number of hydrogen-bond donors (Lipinski definition) is 1. The van der Waals surface area contributed by atoms with Crippen LogP contribution >= 0.6 is 11.6 Å². The van der Waals surface area contributed by atoms with E-state index in [9.17, 15) is 4.79 Å². The second-order valence-corrected chi connectivity index (χ2v) is 7.15. The van der Waals surface area contributed by atoms with Gasteiger partial charge in [-0.05, 0) is 60.7 Å². The maximum absolute atomic E-state index is 12.7. The fourth-order valence-corrected chi connectivity index (χ4v) is 3.47. The third kappa shape index (κ3) is 3.37. The standard InChI is InChI=1S/C21H20ClN3O/c22-18-4-1-3-17(15-18)21(10-11-21)20(26)23-13-9-16-5-7-19(8-6-16)25-14-2-12-24-25/h1-8,12,14-15H,9-11,13H2,(H,23,26). The van der Waals surface area contributed by atoms with Gasteiger partial charge in [-0.2, -0.15) is 5.10 Å². The minimum atomic E-state index is -0.380. The van der Waals surface area contributed by atoms with E-state index in [1.54, 1.807) is 6.20 Å². The summed E-state index contributed by atoms with van der Waals surface area (Å²) in [6.45, 7) is 0.627. The van der Waals surface area contributed by atoms with Crippen LogP contribution in [0.15, 0.2) is 67.0 Å². The zero-order valence-electron chi connectivity index (χ0n) is 14.4. The Bertz CT molecular complexity index is 899. The van der Waals surface area contributed by atoms with Crippen molar-refractivity contribution in [1.82, 2.24) is 15.1 Å². The first-order valence-corrected chi connectivity index (χ1v) is 9.18. The Morgan fingerprint density at radius 3 is 2.62 bits per heavy atom. The van der Waals surface area contributed by atoms with Crippen molar-refractivity contribution in [3.05, 3.63) is 83.1 Å². The maximum Gasteiger partial charge on any atom is 0.230 e. The Kier molecular flexibility index (Phi) is 4.51. The molecule has 1 aromatic heterocycles. The highest BCUT2D eigenvalue weighted by Crippen LogP contribution is 2.48. The van der Waals surface area contributed by atoms with Crippen LogP contribution in [0, 0.1) is 0 Å². The minimum absolute atomic E-state index is 0.105. The highest BCUT2D eigenvalue weighted by atomic mass is 35.5. The molecule has 1 amide bonds. The van der Waals surface area contributed by atoms with Crippen molar-refractivity contribution in [3.63, 3.8) is 0 Å². The molecule has 26 heavy (non-hydrogen) atoms. The zero-order chi connectivity index (χ0) is 18.0. The quantitative estimate of drug-likeness (QED) is 0.719.